The molecule has 22 heavy (non-hydrogen) atoms. The van der Waals surface area contributed by atoms with Gasteiger partial charge < -0.3 is 13.7 Å². The maximum absolute atomic E-state index is 6.00. The molecule has 0 aliphatic rings. The number of ether oxygens (including phenoxy) is 1. The van der Waals surface area contributed by atoms with Crippen molar-refractivity contribution >= 4 is 49.3 Å². The van der Waals surface area contributed by atoms with Gasteiger partial charge in [-0.1, -0.05) is 0 Å². The van der Waals surface area contributed by atoms with Crippen molar-refractivity contribution in [3.63, 3.8) is 0 Å². The number of pyridine rings is 1. The molecule has 9 heteroatoms. The molecule has 3 aromatic heterocycles. The molecular weight excluding hydrogens is 415 g/mol. The lowest BCUT2D eigenvalue weighted by Crippen LogP contribution is -1.93. The van der Waals surface area contributed by atoms with E-state index in [4.69, 9.17) is 21.2 Å². The molecule has 3 rings (SSSR count). The highest BCUT2D eigenvalue weighted by Gasteiger charge is 2.22. The van der Waals surface area contributed by atoms with Crippen LogP contribution in [0.1, 0.15) is 0 Å². The van der Waals surface area contributed by atoms with Gasteiger partial charge in [-0.05, 0) is 29.3 Å². The normalized spacial score (nSPS) is 12.5. The second-order valence-electron chi connectivity index (χ2n) is 4.62. The number of aryl methyl sites for hydroxylation is 1. The molecule has 0 amide bonds. The topological polar surface area (TPSA) is 62.3 Å². The molecular formula is C13H12BIN3O3P. The first-order chi connectivity index (χ1) is 10.5. The molecule has 6 nitrogen and oxygen atoms in total. The summed E-state index contributed by atoms with van der Waals surface area (Å²) < 4.78 is 19.6. The molecule has 0 bridgehead atoms. The van der Waals surface area contributed by atoms with Crippen LogP contribution >= 0.6 is 30.6 Å². The molecule has 0 saturated carbocycles. The van der Waals surface area contributed by atoms with Gasteiger partial charge in [0.25, 0.3) is 0 Å². The van der Waals surface area contributed by atoms with Gasteiger partial charge in [0.1, 0.15) is 5.52 Å². The molecule has 0 N–H and O–H groups in total. The third kappa shape index (κ3) is 2.69. The Hall–Kier alpha value is -1.28. The molecule has 1 atom stereocenters. The molecule has 0 fully saturated rings. The number of halogens is 1. The third-order valence-electron chi connectivity index (χ3n) is 2.99. The summed E-state index contributed by atoms with van der Waals surface area (Å²) >= 11 is 2.21. The summed E-state index contributed by atoms with van der Waals surface area (Å²) in [5.41, 5.74) is 2.12. The molecule has 0 aliphatic carbocycles. The Bertz CT molecular complexity index is 833. The fourth-order valence-electron chi connectivity index (χ4n) is 2.07. The van der Waals surface area contributed by atoms with Crippen molar-refractivity contribution in [1.29, 1.82) is 0 Å². The van der Waals surface area contributed by atoms with Gasteiger partial charge in [-0.3, -0.25) is 4.68 Å². The Morgan fingerprint density at radius 1 is 1.41 bits per heavy atom. The molecule has 112 valence electrons. The molecule has 3 heterocycles. The summed E-state index contributed by atoms with van der Waals surface area (Å²) in [5.74, 6) is 1.68. The quantitative estimate of drug-likeness (QED) is 0.364. The lowest BCUT2D eigenvalue weighted by molar-refractivity contribution is 0.396. The van der Waals surface area contributed by atoms with Crippen LogP contribution in [0.2, 0.25) is 0 Å². The zero-order chi connectivity index (χ0) is 15.9. The molecule has 0 saturated heterocycles. The highest BCUT2D eigenvalue weighted by molar-refractivity contribution is 14.1. The molecule has 3 aromatic rings. The summed E-state index contributed by atoms with van der Waals surface area (Å²) in [5, 5.41) is 4.17. The predicted octanol–water partition coefficient (Wildman–Crippen LogP) is 3.33. The number of fused-ring (bicyclic) bond motifs is 1. The Morgan fingerprint density at radius 3 is 2.77 bits per heavy atom. The highest BCUT2D eigenvalue weighted by Crippen LogP contribution is 2.45. The first-order valence-electron chi connectivity index (χ1n) is 6.31. The highest BCUT2D eigenvalue weighted by atomic mass is 127. The molecule has 2 radical (unpaired) electrons. The van der Waals surface area contributed by atoms with Crippen molar-refractivity contribution in [3.05, 3.63) is 22.2 Å². The zero-order valence-electron chi connectivity index (χ0n) is 12.2. The van der Waals surface area contributed by atoms with Gasteiger partial charge in [0.05, 0.1) is 28.6 Å². The standard InChI is InChI=1S/C13H12BIN3O3P/c1-18-6-7(4-17-18)11-9(15)10-13(20-11)12(21-22(3)14)8(19-2)5-16-10/h4-6H,1-3H3. The number of methoxy groups -OCH3 is 1. The second-order valence-corrected chi connectivity index (χ2v) is 6.97. The number of aromatic nitrogens is 3. The van der Waals surface area contributed by atoms with Gasteiger partial charge in [0.2, 0.25) is 5.75 Å². The number of rotatable bonds is 4. The van der Waals surface area contributed by atoms with Crippen molar-refractivity contribution in [2.24, 2.45) is 7.05 Å². The Morgan fingerprint density at radius 2 is 2.18 bits per heavy atom. The van der Waals surface area contributed by atoms with Crippen LogP contribution in [0.4, 0.5) is 0 Å². The monoisotopic (exact) mass is 427 g/mol. The van der Waals surface area contributed by atoms with E-state index in [2.05, 4.69) is 32.7 Å². The smallest absolute Gasteiger partial charge is 0.210 e. The summed E-state index contributed by atoms with van der Waals surface area (Å²) in [6.07, 6.45) is 5.24. The van der Waals surface area contributed by atoms with Crippen molar-refractivity contribution in [3.8, 4) is 22.8 Å². The van der Waals surface area contributed by atoms with Crippen molar-refractivity contribution in [2.75, 3.05) is 13.8 Å². The summed E-state index contributed by atoms with van der Waals surface area (Å²) in [6, 6.07) is 0. The van der Waals surface area contributed by atoms with E-state index >= 15 is 0 Å². The van der Waals surface area contributed by atoms with Crippen molar-refractivity contribution < 1.29 is 13.7 Å². The van der Waals surface area contributed by atoms with Gasteiger partial charge in [-0.15, -0.1) is 0 Å². The lowest BCUT2D eigenvalue weighted by atomic mass is 10.2. The first kappa shape index (κ1) is 15.6. The van der Waals surface area contributed by atoms with E-state index in [1.54, 1.807) is 30.9 Å². The average Bonchev–Trinajstić information content (AvgIpc) is 3.03. The second kappa shape index (κ2) is 6.08. The summed E-state index contributed by atoms with van der Waals surface area (Å²) in [7, 11) is 8.11. The molecule has 0 aliphatic heterocycles. The van der Waals surface area contributed by atoms with Gasteiger partial charge in [-0.25, -0.2) is 4.98 Å². The van der Waals surface area contributed by atoms with E-state index < -0.39 is 8.03 Å². The van der Waals surface area contributed by atoms with Crippen LogP contribution in [-0.4, -0.2) is 36.1 Å². The van der Waals surface area contributed by atoms with E-state index in [-0.39, 0.29) is 0 Å². The maximum atomic E-state index is 6.00. The minimum absolute atomic E-state index is 0.483. The van der Waals surface area contributed by atoms with E-state index in [1.165, 1.54) is 0 Å². The lowest BCUT2D eigenvalue weighted by Gasteiger charge is -2.13. The Labute approximate surface area is 143 Å². The minimum atomic E-state index is -1.11. The Kier molecular flexibility index (Phi) is 4.32. The van der Waals surface area contributed by atoms with Crippen LogP contribution < -0.4 is 9.26 Å². The zero-order valence-corrected chi connectivity index (χ0v) is 15.3. The van der Waals surface area contributed by atoms with Gasteiger partial charge in [0, 0.05) is 21.3 Å². The molecule has 0 aromatic carbocycles. The van der Waals surface area contributed by atoms with Crippen molar-refractivity contribution in [1.82, 2.24) is 14.8 Å². The summed E-state index contributed by atoms with van der Waals surface area (Å²) in [4.78, 5) is 4.41. The van der Waals surface area contributed by atoms with E-state index in [1.807, 2.05) is 13.2 Å². The first-order valence-corrected chi connectivity index (χ1v) is 9.17. The Balaban J connectivity index is 2.24. The van der Waals surface area contributed by atoms with Crippen LogP contribution in [0, 0.1) is 3.57 Å². The number of hydrogen-bond acceptors (Lipinski definition) is 5. The van der Waals surface area contributed by atoms with Gasteiger partial charge >= 0.3 is 0 Å². The predicted molar refractivity (Wildman–Crippen MR) is 94.7 cm³/mol. The SMILES string of the molecule is [B]P(C)Oc1c(OC)cnc2c(I)c(-c3cnn(C)c3)oc12. The number of furan rings is 1. The largest absolute Gasteiger partial charge is 0.491 e. The van der Waals surface area contributed by atoms with Crippen molar-refractivity contribution in [2.45, 2.75) is 0 Å². The third-order valence-corrected chi connectivity index (χ3v) is 4.46. The van der Waals surface area contributed by atoms with Crippen LogP contribution in [-0.2, 0) is 7.05 Å². The van der Waals surface area contributed by atoms with E-state index in [0.29, 0.717) is 28.4 Å². The fraction of sp³-hybridized carbons (Fsp3) is 0.231. The van der Waals surface area contributed by atoms with Crippen LogP contribution in [0.25, 0.3) is 22.4 Å². The number of nitrogens with zero attached hydrogens (tertiary/aromatic N) is 3. The van der Waals surface area contributed by atoms with Crippen LogP contribution in [0.5, 0.6) is 11.5 Å². The minimum Gasteiger partial charge on any atom is -0.491 e. The summed E-state index contributed by atoms with van der Waals surface area (Å²) in [6.45, 7) is 1.80. The van der Waals surface area contributed by atoms with E-state index in [0.717, 1.165) is 9.13 Å². The number of hydrogen-bond donors (Lipinski definition) is 0. The van der Waals surface area contributed by atoms with Gasteiger partial charge in [-0.2, -0.15) is 5.10 Å². The van der Waals surface area contributed by atoms with Crippen LogP contribution in [0.15, 0.2) is 23.0 Å². The van der Waals surface area contributed by atoms with Crippen LogP contribution in [0.3, 0.4) is 0 Å². The molecule has 1 unspecified atom stereocenters. The fourth-order valence-corrected chi connectivity index (χ4v) is 3.33. The molecule has 0 spiro atoms. The average molecular weight is 427 g/mol. The van der Waals surface area contributed by atoms with E-state index in [9.17, 15) is 0 Å². The van der Waals surface area contributed by atoms with Gasteiger partial charge in [0.15, 0.2) is 24.7 Å². The maximum Gasteiger partial charge on any atom is 0.210 e.